The first-order valence-electron chi connectivity index (χ1n) is 6.16. The molecular formula is C14H18O3. The summed E-state index contributed by atoms with van der Waals surface area (Å²) in [7, 11) is 0. The van der Waals surface area contributed by atoms with Crippen molar-refractivity contribution in [2.24, 2.45) is 0 Å². The van der Waals surface area contributed by atoms with Crippen molar-refractivity contribution in [3.63, 3.8) is 0 Å². The Hall–Kier alpha value is -1.51. The molecule has 3 heteroatoms. The van der Waals surface area contributed by atoms with Gasteiger partial charge in [0, 0.05) is 6.42 Å². The van der Waals surface area contributed by atoms with E-state index in [-0.39, 0.29) is 12.5 Å². The fourth-order valence-corrected chi connectivity index (χ4v) is 2.29. The minimum Gasteiger partial charge on any atom is -0.490 e. The number of fused-ring (bicyclic) bond motifs is 1. The molecule has 0 amide bonds. The van der Waals surface area contributed by atoms with E-state index in [0.29, 0.717) is 6.42 Å². The van der Waals surface area contributed by atoms with Gasteiger partial charge in [0.1, 0.15) is 5.75 Å². The highest BCUT2D eigenvalue weighted by Crippen LogP contribution is 2.30. The van der Waals surface area contributed by atoms with Crippen LogP contribution in [-0.2, 0) is 17.6 Å². The monoisotopic (exact) mass is 234 g/mol. The van der Waals surface area contributed by atoms with Gasteiger partial charge in [-0.3, -0.25) is 4.79 Å². The van der Waals surface area contributed by atoms with Gasteiger partial charge < -0.3 is 9.84 Å². The number of carbonyl (C=O) groups is 1. The van der Waals surface area contributed by atoms with Crippen molar-refractivity contribution in [3.8, 4) is 5.75 Å². The van der Waals surface area contributed by atoms with E-state index in [1.807, 2.05) is 12.1 Å². The van der Waals surface area contributed by atoms with Gasteiger partial charge in [-0.1, -0.05) is 12.1 Å². The molecule has 2 rings (SSSR count). The SMILES string of the molecule is CC1CCc2c(CCCC(=O)O)cccc2O1. The van der Waals surface area contributed by atoms with Gasteiger partial charge in [-0.05, 0) is 49.8 Å². The summed E-state index contributed by atoms with van der Waals surface area (Å²) in [4.78, 5) is 10.5. The van der Waals surface area contributed by atoms with Crippen LogP contribution >= 0.6 is 0 Å². The van der Waals surface area contributed by atoms with Gasteiger partial charge in [-0.2, -0.15) is 0 Å². The van der Waals surface area contributed by atoms with Crippen LogP contribution in [0, 0.1) is 0 Å². The third kappa shape index (κ3) is 2.99. The van der Waals surface area contributed by atoms with Crippen molar-refractivity contribution in [2.75, 3.05) is 0 Å². The van der Waals surface area contributed by atoms with Crippen LogP contribution in [0.2, 0.25) is 0 Å². The maximum atomic E-state index is 10.5. The highest BCUT2D eigenvalue weighted by molar-refractivity contribution is 5.66. The van der Waals surface area contributed by atoms with E-state index in [1.165, 1.54) is 11.1 Å². The first-order valence-corrected chi connectivity index (χ1v) is 6.16. The number of aliphatic carboxylic acids is 1. The van der Waals surface area contributed by atoms with Crippen LogP contribution in [0.4, 0.5) is 0 Å². The molecular weight excluding hydrogens is 216 g/mol. The summed E-state index contributed by atoms with van der Waals surface area (Å²) in [5, 5.41) is 8.64. The number of rotatable bonds is 4. The lowest BCUT2D eigenvalue weighted by Gasteiger charge is -2.25. The third-order valence-electron chi connectivity index (χ3n) is 3.20. The molecule has 17 heavy (non-hydrogen) atoms. The van der Waals surface area contributed by atoms with Gasteiger partial charge >= 0.3 is 5.97 Å². The van der Waals surface area contributed by atoms with Crippen LogP contribution in [-0.4, -0.2) is 17.2 Å². The summed E-state index contributed by atoms with van der Waals surface area (Å²) < 4.78 is 5.78. The average molecular weight is 234 g/mol. The number of hydrogen-bond donors (Lipinski definition) is 1. The van der Waals surface area contributed by atoms with Crippen LogP contribution < -0.4 is 4.74 Å². The molecule has 1 heterocycles. The molecule has 0 spiro atoms. The molecule has 1 aromatic carbocycles. The van der Waals surface area contributed by atoms with Crippen LogP contribution in [0.5, 0.6) is 5.75 Å². The van der Waals surface area contributed by atoms with Gasteiger partial charge in [0.25, 0.3) is 0 Å². The quantitative estimate of drug-likeness (QED) is 0.871. The lowest BCUT2D eigenvalue weighted by molar-refractivity contribution is -0.137. The minimum absolute atomic E-state index is 0.237. The van der Waals surface area contributed by atoms with Gasteiger partial charge in [0.15, 0.2) is 0 Å². The van der Waals surface area contributed by atoms with E-state index in [4.69, 9.17) is 9.84 Å². The summed E-state index contributed by atoms with van der Waals surface area (Å²) in [6.45, 7) is 2.08. The molecule has 0 bridgehead atoms. The summed E-state index contributed by atoms with van der Waals surface area (Å²) in [5.74, 6) is 0.260. The molecule has 0 fully saturated rings. The maximum absolute atomic E-state index is 10.5. The molecule has 1 atom stereocenters. The molecule has 3 nitrogen and oxygen atoms in total. The zero-order chi connectivity index (χ0) is 12.3. The zero-order valence-corrected chi connectivity index (χ0v) is 10.1. The summed E-state index contributed by atoms with van der Waals surface area (Å²) >= 11 is 0. The molecule has 0 radical (unpaired) electrons. The van der Waals surface area contributed by atoms with E-state index in [0.717, 1.165) is 25.0 Å². The second-order valence-corrected chi connectivity index (χ2v) is 4.61. The predicted octanol–water partition coefficient (Wildman–Crippen LogP) is 2.81. The average Bonchev–Trinajstić information content (AvgIpc) is 2.28. The van der Waals surface area contributed by atoms with Crippen molar-refractivity contribution in [3.05, 3.63) is 29.3 Å². The van der Waals surface area contributed by atoms with Crippen molar-refractivity contribution < 1.29 is 14.6 Å². The molecule has 0 aromatic heterocycles. The lowest BCUT2D eigenvalue weighted by atomic mass is 9.94. The van der Waals surface area contributed by atoms with E-state index in [2.05, 4.69) is 13.0 Å². The van der Waals surface area contributed by atoms with Crippen molar-refractivity contribution >= 4 is 5.97 Å². The predicted molar refractivity (Wildman–Crippen MR) is 65.4 cm³/mol. The van der Waals surface area contributed by atoms with Crippen LogP contribution in [0.3, 0.4) is 0 Å². The Morgan fingerprint density at radius 3 is 3.12 bits per heavy atom. The number of benzene rings is 1. The van der Waals surface area contributed by atoms with Gasteiger partial charge in [0.2, 0.25) is 0 Å². The Labute approximate surface area is 101 Å². The fraction of sp³-hybridized carbons (Fsp3) is 0.500. The molecule has 0 aliphatic carbocycles. The number of carboxylic acids is 1. The summed E-state index contributed by atoms with van der Waals surface area (Å²) in [6.07, 6.45) is 4.13. The Bertz CT molecular complexity index is 412. The number of carboxylic acid groups (broad SMARTS) is 1. The van der Waals surface area contributed by atoms with Crippen LogP contribution in [0.1, 0.15) is 37.3 Å². The number of hydrogen-bond acceptors (Lipinski definition) is 2. The number of ether oxygens (including phenoxy) is 1. The second kappa shape index (κ2) is 5.21. The topological polar surface area (TPSA) is 46.5 Å². The standard InChI is InChI=1S/C14H18O3/c1-10-8-9-12-11(5-3-7-14(15)16)4-2-6-13(12)17-10/h2,4,6,10H,3,5,7-9H2,1H3,(H,15,16). The van der Waals surface area contributed by atoms with Crippen LogP contribution in [0.25, 0.3) is 0 Å². The van der Waals surface area contributed by atoms with Gasteiger partial charge in [-0.25, -0.2) is 0 Å². The molecule has 1 N–H and O–H groups in total. The van der Waals surface area contributed by atoms with E-state index < -0.39 is 5.97 Å². The zero-order valence-electron chi connectivity index (χ0n) is 10.1. The highest BCUT2D eigenvalue weighted by Gasteiger charge is 2.18. The molecule has 1 aliphatic rings. The molecule has 0 saturated carbocycles. The summed E-state index contributed by atoms with van der Waals surface area (Å²) in [5.41, 5.74) is 2.52. The highest BCUT2D eigenvalue weighted by atomic mass is 16.5. The largest absolute Gasteiger partial charge is 0.490 e. The molecule has 0 saturated heterocycles. The second-order valence-electron chi connectivity index (χ2n) is 4.61. The normalized spacial score (nSPS) is 18.3. The number of aryl methyl sites for hydroxylation is 1. The summed E-state index contributed by atoms with van der Waals surface area (Å²) in [6, 6.07) is 6.08. The first kappa shape index (κ1) is 12.0. The smallest absolute Gasteiger partial charge is 0.303 e. The molecule has 1 aliphatic heterocycles. The Kier molecular flexibility index (Phi) is 3.67. The third-order valence-corrected chi connectivity index (χ3v) is 3.20. The van der Waals surface area contributed by atoms with E-state index in [1.54, 1.807) is 0 Å². The van der Waals surface area contributed by atoms with Gasteiger partial charge in [-0.15, -0.1) is 0 Å². The maximum Gasteiger partial charge on any atom is 0.303 e. The van der Waals surface area contributed by atoms with E-state index in [9.17, 15) is 4.79 Å². The molecule has 1 aromatic rings. The van der Waals surface area contributed by atoms with Crippen molar-refractivity contribution in [1.82, 2.24) is 0 Å². The van der Waals surface area contributed by atoms with Gasteiger partial charge in [0.05, 0.1) is 6.10 Å². The Balaban J connectivity index is 2.07. The Morgan fingerprint density at radius 1 is 1.53 bits per heavy atom. The van der Waals surface area contributed by atoms with E-state index >= 15 is 0 Å². The Morgan fingerprint density at radius 2 is 2.35 bits per heavy atom. The van der Waals surface area contributed by atoms with Crippen LogP contribution in [0.15, 0.2) is 18.2 Å². The minimum atomic E-state index is -0.723. The lowest BCUT2D eigenvalue weighted by Crippen LogP contribution is -2.19. The van der Waals surface area contributed by atoms with Crippen molar-refractivity contribution in [1.29, 1.82) is 0 Å². The molecule has 1 unspecified atom stereocenters. The molecule has 92 valence electrons. The fourth-order valence-electron chi connectivity index (χ4n) is 2.29. The van der Waals surface area contributed by atoms with Crippen molar-refractivity contribution in [2.45, 2.75) is 45.1 Å². The first-order chi connectivity index (χ1) is 8.16.